The molecule has 0 aliphatic heterocycles. The van der Waals surface area contributed by atoms with Gasteiger partial charge in [0.25, 0.3) is 5.69 Å². The van der Waals surface area contributed by atoms with Gasteiger partial charge in [0.15, 0.2) is 0 Å². The largest absolute Gasteiger partial charge is 0.355 e. The summed E-state index contributed by atoms with van der Waals surface area (Å²) in [6.07, 6.45) is 3.85. The van der Waals surface area contributed by atoms with Gasteiger partial charge in [-0.05, 0) is 12.0 Å². The quantitative estimate of drug-likeness (QED) is 0.617. The summed E-state index contributed by atoms with van der Waals surface area (Å²) in [6.45, 7) is 2.09. The number of fused-ring (bicyclic) bond motifs is 1. The minimum atomic E-state index is -0.353. The van der Waals surface area contributed by atoms with Crippen LogP contribution in [0, 0.1) is 10.1 Å². The van der Waals surface area contributed by atoms with Gasteiger partial charge in [-0.25, -0.2) is 0 Å². The van der Waals surface area contributed by atoms with Crippen molar-refractivity contribution >= 4 is 16.6 Å². The van der Waals surface area contributed by atoms with Gasteiger partial charge < -0.3 is 4.98 Å². The minimum absolute atomic E-state index is 0.148. The molecule has 0 aliphatic rings. The van der Waals surface area contributed by atoms with Gasteiger partial charge >= 0.3 is 0 Å². The number of nitrogens with zero attached hydrogens (tertiary/aromatic N) is 1. The molecular formula is C11H12N2O2. The summed E-state index contributed by atoms with van der Waals surface area (Å²) in [6, 6.07) is 5.17. The van der Waals surface area contributed by atoms with Gasteiger partial charge in [-0.15, -0.1) is 0 Å². The number of aromatic amines is 1. The molecule has 0 fully saturated rings. The van der Waals surface area contributed by atoms with Crippen molar-refractivity contribution in [3.8, 4) is 0 Å². The van der Waals surface area contributed by atoms with Gasteiger partial charge in [-0.1, -0.05) is 25.5 Å². The Balaban J connectivity index is 2.63. The Morgan fingerprint density at radius 1 is 1.47 bits per heavy atom. The van der Waals surface area contributed by atoms with Gasteiger partial charge in [-0.3, -0.25) is 10.1 Å². The summed E-state index contributed by atoms with van der Waals surface area (Å²) in [4.78, 5) is 13.4. The Kier molecular flexibility index (Phi) is 2.41. The number of nitrogens with one attached hydrogen (secondary N) is 1. The van der Waals surface area contributed by atoms with Crippen LogP contribution in [0.5, 0.6) is 0 Å². The second kappa shape index (κ2) is 3.73. The van der Waals surface area contributed by atoms with Crippen LogP contribution in [0.25, 0.3) is 10.9 Å². The molecule has 2 rings (SSSR count). The first-order valence-electron chi connectivity index (χ1n) is 4.97. The molecule has 0 unspecified atom stereocenters. The lowest BCUT2D eigenvalue weighted by atomic mass is 10.1. The molecule has 0 saturated heterocycles. The van der Waals surface area contributed by atoms with Crippen LogP contribution in [0.3, 0.4) is 0 Å². The summed E-state index contributed by atoms with van der Waals surface area (Å²) < 4.78 is 0. The Morgan fingerprint density at radius 2 is 2.27 bits per heavy atom. The van der Waals surface area contributed by atoms with Gasteiger partial charge in [0.05, 0.1) is 4.92 Å². The van der Waals surface area contributed by atoms with Crippen molar-refractivity contribution in [3.05, 3.63) is 40.1 Å². The number of rotatable bonds is 3. The van der Waals surface area contributed by atoms with Crippen LogP contribution in [0.2, 0.25) is 0 Å². The lowest BCUT2D eigenvalue weighted by Crippen LogP contribution is -1.88. The number of non-ortho nitro benzene ring substituents is 1. The molecule has 0 atom stereocenters. The number of hydrogen-bond donors (Lipinski definition) is 1. The van der Waals surface area contributed by atoms with Gasteiger partial charge in [0.2, 0.25) is 0 Å². The molecule has 1 N–H and O–H groups in total. The molecule has 15 heavy (non-hydrogen) atoms. The minimum Gasteiger partial charge on any atom is -0.355 e. The first-order valence-corrected chi connectivity index (χ1v) is 4.97. The topological polar surface area (TPSA) is 58.9 Å². The van der Waals surface area contributed by atoms with Gasteiger partial charge in [0, 0.05) is 17.6 Å². The predicted molar refractivity (Wildman–Crippen MR) is 58.9 cm³/mol. The van der Waals surface area contributed by atoms with Crippen molar-refractivity contribution in [1.82, 2.24) is 4.98 Å². The van der Waals surface area contributed by atoms with Crippen molar-refractivity contribution in [3.63, 3.8) is 0 Å². The molecule has 0 radical (unpaired) electrons. The Labute approximate surface area is 87.1 Å². The highest BCUT2D eigenvalue weighted by molar-refractivity contribution is 5.90. The maximum Gasteiger partial charge on any atom is 0.293 e. The summed E-state index contributed by atoms with van der Waals surface area (Å²) in [5, 5.41) is 11.7. The van der Waals surface area contributed by atoms with Crippen molar-refractivity contribution in [1.29, 1.82) is 0 Å². The van der Waals surface area contributed by atoms with E-state index in [4.69, 9.17) is 0 Å². The highest BCUT2D eigenvalue weighted by Gasteiger charge is 2.14. The molecule has 1 heterocycles. The Hall–Kier alpha value is -1.84. The average molecular weight is 204 g/mol. The Morgan fingerprint density at radius 3 is 2.93 bits per heavy atom. The van der Waals surface area contributed by atoms with E-state index in [1.807, 2.05) is 12.3 Å². The zero-order chi connectivity index (χ0) is 10.8. The zero-order valence-corrected chi connectivity index (χ0v) is 8.49. The van der Waals surface area contributed by atoms with Crippen LogP contribution in [0.4, 0.5) is 5.69 Å². The normalized spacial score (nSPS) is 10.7. The van der Waals surface area contributed by atoms with Crippen molar-refractivity contribution in [2.75, 3.05) is 0 Å². The van der Waals surface area contributed by atoms with E-state index >= 15 is 0 Å². The van der Waals surface area contributed by atoms with Crippen LogP contribution < -0.4 is 0 Å². The number of benzene rings is 1. The van der Waals surface area contributed by atoms with Crippen LogP contribution >= 0.6 is 0 Å². The van der Waals surface area contributed by atoms with E-state index in [9.17, 15) is 10.1 Å². The fraction of sp³-hybridized carbons (Fsp3) is 0.273. The number of aryl methyl sites for hydroxylation is 1. The first kappa shape index (κ1) is 9.71. The molecule has 2 aromatic rings. The predicted octanol–water partition coefficient (Wildman–Crippen LogP) is 3.03. The highest BCUT2D eigenvalue weighted by atomic mass is 16.6. The molecule has 0 amide bonds. The monoisotopic (exact) mass is 204 g/mol. The van der Waals surface area contributed by atoms with Crippen LogP contribution in [-0.2, 0) is 6.42 Å². The maximum absolute atomic E-state index is 10.8. The van der Waals surface area contributed by atoms with E-state index in [0.29, 0.717) is 5.52 Å². The molecule has 1 aromatic heterocycles. The third-order valence-electron chi connectivity index (χ3n) is 2.50. The summed E-state index contributed by atoms with van der Waals surface area (Å²) in [5.74, 6) is 0. The van der Waals surface area contributed by atoms with E-state index in [1.54, 1.807) is 6.07 Å². The van der Waals surface area contributed by atoms with E-state index in [2.05, 4.69) is 11.9 Å². The van der Waals surface area contributed by atoms with E-state index < -0.39 is 0 Å². The average Bonchev–Trinajstić information content (AvgIpc) is 2.62. The first-order chi connectivity index (χ1) is 7.24. The smallest absolute Gasteiger partial charge is 0.293 e. The summed E-state index contributed by atoms with van der Waals surface area (Å²) in [5.41, 5.74) is 1.93. The van der Waals surface area contributed by atoms with Crippen LogP contribution in [0.1, 0.15) is 18.9 Å². The SMILES string of the molecule is CCCc1c[nH]c2c([N+](=O)[O-])cccc12. The number of hydrogen-bond acceptors (Lipinski definition) is 2. The fourth-order valence-corrected chi connectivity index (χ4v) is 1.82. The molecule has 0 bridgehead atoms. The standard InChI is InChI=1S/C11H12N2O2/c1-2-4-8-7-12-11-9(8)5-3-6-10(11)13(14)15/h3,5-7,12H,2,4H2,1H3. The zero-order valence-electron chi connectivity index (χ0n) is 8.49. The molecular weight excluding hydrogens is 192 g/mol. The summed E-state index contributed by atoms with van der Waals surface area (Å²) >= 11 is 0. The highest BCUT2D eigenvalue weighted by Crippen LogP contribution is 2.27. The lowest BCUT2D eigenvalue weighted by Gasteiger charge is -1.96. The van der Waals surface area contributed by atoms with Gasteiger partial charge in [-0.2, -0.15) is 0 Å². The third kappa shape index (κ3) is 1.58. The molecule has 0 saturated carbocycles. The molecule has 0 aliphatic carbocycles. The van der Waals surface area contributed by atoms with Crippen LogP contribution in [0.15, 0.2) is 24.4 Å². The maximum atomic E-state index is 10.8. The van der Waals surface area contributed by atoms with Crippen LogP contribution in [-0.4, -0.2) is 9.91 Å². The van der Waals surface area contributed by atoms with Crippen molar-refractivity contribution < 1.29 is 4.92 Å². The molecule has 4 nitrogen and oxygen atoms in total. The number of nitro groups is 1. The van der Waals surface area contributed by atoms with E-state index in [1.165, 1.54) is 6.07 Å². The van der Waals surface area contributed by atoms with E-state index in [-0.39, 0.29) is 10.6 Å². The number of nitro benzene ring substituents is 1. The lowest BCUT2D eigenvalue weighted by molar-refractivity contribution is -0.383. The van der Waals surface area contributed by atoms with E-state index in [0.717, 1.165) is 23.8 Å². The molecule has 1 aromatic carbocycles. The fourth-order valence-electron chi connectivity index (χ4n) is 1.82. The van der Waals surface area contributed by atoms with Crippen molar-refractivity contribution in [2.45, 2.75) is 19.8 Å². The number of para-hydroxylation sites is 1. The molecule has 0 spiro atoms. The second-order valence-electron chi connectivity index (χ2n) is 3.52. The molecule has 4 heteroatoms. The number of aromatic nitrogens is 1. The third-order valence-corrected chi connectivity index (χ3v) is 2.50. The second-order valence-corrected chi connectivity index (χ2v) is 3.52. The Bertz CT molecular complexity index is 502. The summed E-state index contributed by atoms with van der Waals surface area (Å²) in [7, 11) is 0. The van der Waals surface area contributed by atoms with Gasteiger partial charge in [0.1, 0.15) is 5.52 Å². The number of H-pyrrole nitrogens is 1. The van der Waals surface area contributed by atoms with Crippen molar-refractivity contribution in [2.24, 2.45) is 0 Å². The molecule has 78 valence electrons.